The van der Waals surface area contributed by atoms with Gasteiger partial charge in [-0.1, -0.05) is 6.92 Å². The van der Waals surface area contributed by atoms with Crippen LogP contribution in [0.25, 0.3) is 0 Å². The highest BCUT2D eigenvalue weighted by atomic mass is 19.1. The Bertz CT molecular complexity index is 477. The summed E-state index contributed by atoms with van der Waals surface area (Å²) in [4.78, 5) is 23.0. The minimum Gasteiger partial charge on any atom is -0.452 e. The van der Waals surface area contributed by atoms with Gasteiger partial charge in [0.15, 0.2) is 6.61 Å². The first kappa shape index (κ1) is 14.9. The summed E-state index contributed by atoms with van der Waals surface area (Å²) in [6.07, 6.45) is 0.767. The van der Waals surface area contributed by atoms with Crippen LogP contribution in [0.1, 0.15) is 30.6 Å². The number of halogens is 1. The lowest BCUT2D eigenvalue weighted by Crippen LogP contribution is -2.35. The minimum absolute atomic E-state index is 0.00434. The van der Waals surface area contributed by atoms with Crippen molar-refractivity contribution in [2.45, 2.75) is 26.3 Å². The van der Waals surface area contributed by atoms with Crippen LogP contribution in [0.2, 0.25) is 0 Å². The summed E-state index contributed by atoms with van der Waals surface area (Å²) in [5.41, 5.74) is 5.42. The lowest BCUT2D eigenvalue weighted by Gasteiger charge is -2.11. The Balaban J connectivity index is 2.56. The molecular weight excluding hydrogens is 251 g/mol. The van der Waals surface area contributed by atoms with Crippen molar-refractivity contribution in [1.29, 1.82) is 0 Å². The zero-order chi connectivity index (χ0) is 14.4. The molecule has 19 heavy (non-hydrogen) atoms. The van der Waals surface area contributed by atoms with Gasteiger partial charge in [-0.3, -0.25) is 4.79 Å². The third-order valence-electron chi connectivity index (χ3n) is 2.56. The maximum absolute atomic E-state index is 13.4. The summed E-state index contributed by atoms with van der Waals surface area (Å²) < 4.78 is 18.1. The summed E-state index contributed by atoms with van der Waals surface area (Å²) in [5.74, 6) is -2.07. The highest BCUT2D eigenvalue weighted by Gasteiger charge is 2.15. The van der Waals surface area contributed by atoms with E-state index in [0.717, 1.165) is 12.5 Å². The van der Waals surface area contributed by atoms with Gasteiger partial charge in [-0.25, -0.2) is 9.18 Å². The van der Waals surface area contributed by atoms with E-state index in [0.29, 0.717) is 0 Å². The fraction of sp³-hybridized carbons (Fsp3) is 0.385. The molecule has 104 valence electrons. The molecule has 0 fully saturated rings. The van der Waals surface area contributed by atoms with Gasteiger partial charge in [0.1, 0.15) is 5.82 Å². The van der Waals surface area contributed by atoms with E-state index in [1.54, 1.807) is 0 Å². The second-order valence-electron chi connectivity index (χ2n) is 4.19. The lowest BCUT2D eigenvalue weighted by molar-refractivity contribution is -0.124. The Hall–Kier alpha value is -2.11. The van der Waals surface area contributed by atoms with Crippen molar-refractivity contribution < 1.29 is 18.7 Å². The monoisotopic (exact) mass is 268 g/mol. The molecule has 0 saturated heterocycles. The van der Waals surface area contributed by atoms with Gasteiger partial charge < -0.3 is 15.8 Å². The largest absolute Gasteiger partial charge is 0.452 e. The number of rotatable bonds is 5. The van der Waals surface area contributed by atoms with Crippen LogP contribution in [0, 0.1) is 5.82 Å². The molecule has 6 heteroatoms. The number of nitrogen functional groups attached to an aromatic ring is 1. The first-order valence-corrected chi connectivity index (χ1v) is 5.95. The average molecular weight is 268 g/mol. The molecule has 0 aromatic heterocycles. The van der Waals surface area contributed by atoms with Gasteiger partial charge in [-0.2, -0.15) is 0 Å². The van der Waals surface area contributed by atoms with Gasteiger partial charge in [-0.15, -0.1) is 0 Å². The van der Waals surface area contributed by atoms with Crippen LogP contribution in [-0.4, -0.2) is 24.5 Å². The van der Waals surface area contributed by atoms with Crippen LogP contribution in [0.15, 0.2) is 18.2 Å². The highest BCUT2D eigenvalue weighted by Crippen LogP contribution is 2.13. The average Bonchev–Trinajstić information content (AvgIpc) is 2.38. The number of hydrogen-bond acceptors (Lipinski definition) is 4. The molecule has 0 heterocycles. The normalized spacial score (nSPS) is 11.7. The maximum Gasteiger partial charge on any atom is 0.341 e. The van der Waals surface area contributed by atoms with E-state index >= 15 is 0 Å². The standard InChI is InChI=1S/C13H17FN2O3/c1-3-8(2)16-12(17)7-19-13(18)10-6-9(15)4-5-11(10)14/h4-6,8H,3,7,15H2,1-2H3,(H,16,17). The summed E-state index contributed by atoms with van der Waals surface area (Å²) in [6, 6.07) is 3.58. The Morgan fingerprint density at radius 2 is 2.16 bits per heavy atom. The molecule has 0 spiro atoms. The predicted molar refractivity (Wildman–Crippen MR) is 69.0 cm³/mol. The van der Waals surface area contributed by atoms with Crippen molar-refractivity contribution >= 4 is 17.6 Å². The molecule has 1 amide bonds. The summed E-state index contributed by atoms with van der Waals surface area (Å²) in [6.45, 7) is 3.30. The van der Waals surface area contributed by atoms with Crippen LogP contribution >= 0.6 is 0 Å². The molecule has 1 rings (SSSR count). The van der Waals surface area contributed by atoms with E-state index in [4.69, 9.17) is 10.5 Å². The molecule has 0 aliphatic heterocycles. The quantitative estimate of drug-likeness (QED) is 0.626. The number of amides is 1. The van der Waals surface area contributed by atoms with Gasteiger partial charge in [0, 0.05) is 11.7 Å². The van der Waals surface area contributed by atoms with E-state index in [-0.39, 0.29) is 17.3 Å². The summed E-state index contributed by atoms with van der Waals surface area (Å²) in [7, 11) is 0. The zero-order valence-corrected chi connectivity index (χ0v) is 10.9. The molecule has 0 radical (unpaired) electrons. The predicted octanol–water partition coefficient (Wildman–Crippen LogP) is 1.48. The topological polar surface area (TPSA) is 81.4 Å². The number of carbonyl (C=O) groups excluding carboxylic acids is 2. The van der Waals surface area contributed by atoms with Crippen LogP contribution in [0.4, 0.5) is 10.1 Å². The van der Waals surface area contributed by atoms with Crippen molar-refractivity contribution in [1.82, 2.24) is 5.32 Å². The smallest absolute Gasteiger partial charge is 0.341 e. The molecule has 0 aliphatic carbocycles. The van der Waals surface area contributed by atoms with E-state index in [9.17, 15) is 14.0 Å². The van der Waals surface area contributed by atoms with Crippen molar-refractivity contribution in [3.8, 4) is 0 Å². The summed E-state index contributed by atoms with van der Waals surface area (Å²) >= 11 is 0. The van der Waals surface area contributed by atoms with E-state index < -0.39 is 24.3 Å². The van der Waals surface area contributed by atoms with Crippen LogP contribution in [0.3, 0.4) is 0 Å². The third kappa shape index (κ3) is 4.57. The van der Waals surface area contributed by atoms with Gasteiger partial charge in [-0.05, 0) is 31.5 Å². The van der Waals surface area contributed by atoms with E-state index in [1.165, 1.54) is 12.1 Å². The third-order valence-corrected chi connectivity index (χ3v) is 2.56. The fourth-order valence-electron chi connectivity index (χ4n) is 1.33. The number of carbonyl (C=O) groups is 2. The van der Waals surface area contributed by atoms with Crippen molar-refractivity contribution in [3.05, 3.63) is 29.6 Å². The molecule has 3 N–H and O–H groups in total. The zero-order valence-electron chi connectivity index (χ0n) is 10.9. The second kappa shape index (κ2) is 6.72. The molecule has 0 bridgehead atoms. The highest BCUT2D eigenvalue weighted by molar-refractivity contribution is 5.92. The number of nitrogens with one attached hydrogen (secondary N) is 1. The van der Waals surface area contributed by atoms with Crippen molar-refractivity contribution in [3.63, 3.8) is 0 Å². The van der Waals surface area contributed by atoms with E-state index in [1.807, 2.05) is 13.8 Å². The lowest BCUT2D eigenvalue weighted by atomic mass is 10.2. The van der Waals surface area contributed by atoms with Crippen LogP contribution in [-0.2, 0) is 9.53 Å². The second-order valence-corrected chi connectivity index (χ2v) is 4.19. The molecule has 1 atom stereocenters. The number of ether oxygens (including phenoxy) is 1. The molecule has 0 aliphatic rings. The first-order chi connectivity index (χ1) is 8.93. The minimum atomic E-state index is -0.913. The van der Waals surface area contributed by atoms with Gasteiger partial charge in [0.25, 0.3) is 5.91 Å². The Kier molecular flexibility index (Phi) is 5.29. The number of hydrogen-bond donors (Lipinski definition) is 2. The van der Waals surface area contributed by atoms with E-state index in [2.05, 4.69) is 5.32 Å². The summed E-state index contributed by atoms with van der Waals surface area (Å²) in [5, 5.41) is 2.63. The molecule has 5 nitrogen and oxygen atoms in total. The first-order valence-electron chi connectivity index (χ1n) is 5.95. The Labute approximate surface area is 110 Å². The number of nitrogens with two attached hydrogens (primary N) is 1. The van der Waals surface area contributed by atoms with Crippen LogP contribution < -0.4 is 11.1 Å². The SMILES string of the molecule is CCC(C)NC(=O)COC(=O)c1cc(N)ccc1F. The number of esters is 1. The Morgan fingerprint density at radius 3 is 2.79 bits per heavy atom. The van der Waals surface area contributed by atoms with Gasteiger partial charge >= 0.3 is 5.97 Å². The molecular formula is C13H17FN2O3. The van der Waals surface area contributed by atoms with Crippen LogP contribution in [0.5, 0.6) is 0 Å². The molecule has 1 aromatic rings. The van der Waals surface area contributed by atoms with Gasteiger partial charge in [0.2, 0.25) is 0 Å². The number of anilines is 1. The number of benzene rings is 1. The molecule has 1 aromatic carbocycles. The maximum atomic E-state index is 13.4. The van der Waals surface area contributed by atoms with Gasteiger partial charge in [0.05, 0.1) is 5.56 Å². The molecule has 1 unspecified atom stereocenters. The van der Waals surface area contributed by atoms with Crippen molar-refractivity contribution in [2.75, 3.05) is 12.3 Å². The fourth-order valence-corrected chi connectivity index (χ4v) is 1.33. The molecule has 0 saturated carbocycles. The van der Waals surface area contributed by atoms with Crippen molar-refractivity contribution in [2.24, 2.45) is 0 Å². The Morgan fingerprint density at radius 1 is 1.47 bits per heavy atom.